The van der Waals surface area contributed by atoms with Crippen molar-refractivity contribution in [3.8, 4) is 0 Å². The first kappa shape index (κ1) is 8.23. The van der Waals surface area contributed by atoms with E-state index in [4.69, 9.17) is 10.2 Å². The highest BCUT2D eigenvalue weighted by molar-refractivity contribution is 4.90. The van der Waals surface area contributed by atoms with Gasteiger partial charge in [-0.2, -0.15) is 0 Å². The minimum absolute atomic E-state index is 0.0836. The van der Waals surface area contributed by atoms with Gasteiger partial charge in [0.1, 0.15) is 12.4 Å². The van der Waals surface area contributed by atoms with Crippen molar-refractivity contribution in [1.29, 1.82) is 0 Å². The number of aromatic nitrogens is 2. The molecule has 0 fully saturated rings. The molecule has 1 aromatic heterocycles. The maximum atomic E-state index is 9.01. The summed E-state index contributed by atoms with van der Waals surface area (Å²) in [7, 11) is 0. The number of hydrogen-bond acceptors (Lipinski definition) is 3. The Kier molecular flexibility index (Phi) is 2.62. The molecule has 0 aromatic carbocycles. The van der Waals surface area contributed by atoms with E-state index < -0.39 is 6.10 Å². The van der Waals surface area contributed by atoms with Crippen molar-refractivity contribution in [2.45, 2.75) is 26.2 Å². The SMILES string of the molecule is CC(O)Cn1ccnc1CO. The van der Waals surface area contributed by atoms with Crippen LogP contribution in [0.1, 0.15) is 12.7 Å². The van der Waals surface area contributed by atoms with Crippen LogP contribution in [0.3, 0.4) is 0 Å². The fourth-order valence-electron chi connectivity index (χ4n) is 0.943. The first-order valence-corrected chi connectivity index (χ1v) is 3.53. The van der Waals surface area contributed by atoms with E-state index in [1.165, 1.54) is 0 Å². The van der Waals surface area contributed by atoms with Gasteiger partial charge < -0.3 is 14.8 Å². The minimum atomic E-state index is -0.408. The zero-order chi connectivity index (χ0) is 8.27. The van der Waals surface area contributed by atoms with Gasteiger partial charge in [0.05, 0.1) is 6.10 Å². The van der Waals surface area contributed by atoms with E-state index in [0.717, 1.165) is 0 Å². The van der Waals surface area contributed by atoms with E-state index in [0.29, 0.717) is 12.4 Å². The number of aliphatic hydroxyl groups excluding tert-OH is 2. The smallest absolute Gasteiger partial charge is 0.134 e. The van der Waals surface area contributed by atoms with Gasteiger partial charge in [-0.15, -0.1) is 0 Å². The lowest BCUT2D eigenvalue weighted by atomic mass is 10.4. The van der Waals surface area contributed by atoms with Gasteiger partial charge in [0.15, 0.2) is 0 Å². The molecule has 0 bridgehead atoms. The molecule has 1 rings (SSSR count). The fraction of sp³-hybridized carbons (Fsp3) is 0.571. The molecule has 0 radical (unpaired) electrons. The van der Waals surface area contributed by atoms with Crippen LogP contribution in [0.4, 0.5) is 0 Å². The molecule has 0 spiro atoms. The summed E-state index contributed by atoms with van der Waals surface area (Å²) in [6, 6.07) is 0. The fourth-order valence-corrected chi connectivity index (χ4v) is 0.943. The first-order valence-electron chi connectivity index (χ1n) is 3.53. The molecular weight excluding hydrogens is 144 g/mol. The molecule has 1 heterocycles. The summed E-state index contributed by atoms with van der Waals surface area (Å²) >= 11 is 0. The Labute approximate surface area is 65.1 Å². The largest absolute Gasteiger partial charge is 0.392 e. The van der Waals surface area contributed by atoms with E-state index in [2.05, 4.69) is 4.98 Å². The molecule has 1 atom stereocenters. The molecule has 0 amide bonds. The van der Waals surface area contributed by atoms with Crippen LogP contribution in [-0.4, -0.2) is 25.9 Å². The molecule has 1 aromatic rings. The van der Waals surface area contributed by atoms with Crippen molar-refractivity contribution in [2.24, 2.45) is 0 Å². The molecule has 62 valence electrons. The van der Waals surface area contributed by atoms with Gasteiger partial charge in [-0.25, -0.2) is 4.98 Å². The highest BCUT2D eigenvalue weighted by Crippen LogP contribution is 1.98. The van der Waals surface area contributed by atoms with Crippen LogP contribution in [0.2, 0.25) is 0 Å². The Morgan fingerprint density at radius 3 is 3.00 bits per heavy atom. The molecule has 0 aliphatic heterocycles. The Bertz CT molecular complexity index is 220. The van der Waals surface area contributed by atoms with Crippen LogP contribution in [0.25, 0.3) is 0 Å². The third kappa shape index (κ3) is 2.03. The molecule has 0 saturated carbocycles. The molecule has 1 unspecified atom stereocenters. The highest BCUT2D eigenvalue weighted by Gasteiger charge is 2.02. The number of hydrogen-bond donors (Lipinski definition) is 2. The topological polar surface area (TPSA) is 58.3 Å². The summed E-state index contributed by atoms with van der Waals surface area (Å²) in [5.74, 6) is 0.589. The van der Waals surface area contributed by atoms with Gasteiger partial charge in [0.2, 0.25) is 0 Å². The van der Waals surface area contributed by atoms with Crippen molar-refractivity contribution < 1.29 is 10.2 Å². The molecule has 11 heavy (non-hydrogen) atoms. The van der Waals surface area contributed by atoms with Gasteiger partial charge in [-0.3, -0.25) is 0 Å². The van der Waals surface area contributed by atoms with Gasteiger partial charge in [-0.05, 0) is 6.92 Å². The summed E-state index contributed by atoms with van der Waals surface area (Å²) in [5, 5.41) is 17.8. The van der Waals surface area contributed by atoms with Gasteiger partial charge in [-0.1, -0.05) is 0 Å². The summed E-state index contributed by atoms with van der Waals surface area (Å²) in [6.45, 7) is 2.09. The second-order valence-electron chi connectivity index (χ2n) is 2.50. The summed E-state index contributed by atoms with van der Waals surface area (Å²) in [6.07, 6.45) is 2.93. The standard InChI is InChI=1S/C7H12N2O2/c1-6(11)4-9-3-2-8-7(9)5-10/h2-3,6,10-11H,4-5H2,1H3. The van der Waals surface area contributed by atoms with Crippen molar-refractivity contribution in [1.82, 2.24) is 9.55 Å². The zero-order valence-electron chi connectivity index (χ0n) is 6.44. The van der Waals surface area contributed by atoms with E-state index in [-0.39, 0.29) is 6.61 Å². The van der Waals surface area contributed by atoms with Crippen molar-refractivity contribution in [3.05, 3.63) is 18.2 Å². The predicted octanol–water partition coefficient (Wildman–Crippen LogP) is -0.244. The molecule has 4 heteroatoms. The number of rotatable bonds is 3. The molecule has 0 saturated heterocycles. The number of nitrogens with zero attached hydrogens (tertiary/aromatic N) is 2. The van der Waals surface area contributed by atoms with Gasteiger partial charge in [0, 0.05) is 18.9 Å². The lowest BCUT2D eigenvalue weighted by Gasteiger charge is -2.07. The van der Waals surface area contributed by atoms with Crippen molar-refractivity contribution >= 4 is 0 Å². The minimum Gasteiger partial charge on any atom is -0.392 e. The molecule has 2 N–H and O–H groups in total. The zero-order valence-corrected chi connectivity index (χ0v) is 6.44. The maximum Gasteiger partial charge on any atom is 0.134 e. The third-order valence-electron chi connectivity index (χ3n) is 1.40. The average Bonchev–Trinajstić information content (AvgIpc) is 2.34. The monoisotopic (exact) mass is 156 g/mol. The lowest BCUT2D eigenvalue weighted by molar-refractivity contribution is 0.168. The molecular formula is C7H12N2O2. The van der Waals surface area contributed by atoms with E-state index in [1.807, 2.05) is 0 Å². The quantitative estimate of drug-likeness (QED) is 0.634. The Hall–Kier alpha value is -0.870. The van der Waals surface area contributed by atoms with Crippen LogP contribution in [0.15, 0.2) is 12.4 Å². The molecule has 0 aliphatic carbocycles. The molecule has 4 nitrogen and oxygen atoms in total. The summed E-state index contributed by atoms with van der Waals surface area (Å²) in [5.41, 5.74) is 0. The average molecular weight is 156 g/mol. The van der Waals surface area contributed by atoms with Crippen LogP contribution < -0.4 is 0 Å². The van der Waals surface area contributed by atoms with Crippen LogP contribution in [0.5, 0.6) is 0 Å². The van der Waals surface area contributed by atoms with Crippen LogP contribution in [-0.2, 0) is 13.2 Å². The van der Waals surface area contributed by atoms with E-state index in [9.17, 15) is 0 Å². The van der Waals surface area contributed by atoms with Crippen LogP contribution >= 0.6 is 0 Å². The van der Waals surface area contributed by atoms with E-state index in [1.54, 1.807) is 23.9 Å². The van der Waals surface area contributed by atoms with Crippen molar-refractivity contribution in [3.63, 3.8) is 0 Å². The second kappa shape index (κ2) is 3.50. The number of imidazole rings is 1. The normalized spacial score (nSPS) is 13.4. The van der Waals surface area contributed by atoms with Gasteiger partial charge >= 0.3 is 0 Å². The van der Waals surface area contributed by atoms with Gasteiger partial charge in [0.25, 0.3) is 0 Å². The molecule has 0 aliphatic rings. The number of aliphatic hydroxyl groups is 2. The summed E-state index contributed by atoms with van der Waals surface area (Å²) in [4.78, 5) is 3.89. The Morgan fingerprint density at radius 2 is 2.45 bits per heavy atom. The van der Waals surface area contributed by atoms with E-state index >= 15 is 0 Å². The highest BCUT2D eigenvalue weighted by atomic mass is 16.3. The van der Waals surface area contributed by atoms with Crippen LogP contribution in [0, 0.1) is 0 Å². The lowest BCUT2D eigenvalue weighted by Crippen LogP contribution is -2.13. The Balaban J connectivity index is 2.68. The summed E-state index contributed by atoms with van der Waals surface area (Å²) < 4.78 is 1.73. The Morgan fingerprint density at radius 1 is 1.73 bits per heavy atom. The maximum absolute atomic E-state index is 9.01. The van der Waals surface area contributed by atoms with Crippen molar-refractivity contribution in [2.75, 3.05) is 0 Å². The first-order chi connectivity index (χ1) is 5.24. The predicted molar refractivity (Wildman–Crippen MR) is 39.8 cm³/mol. The second-order valence-corrected chi connectivity index (χ2v) is 2.50. The third-order valence-corrected chi connectivity index (χ3v) is 1.40.